The molecule has 9 heteroatoms. The van der Waals surface area contributed by atoms with Gasteiger partial charge >= 0.3 is 5.97 Å². The average molecular weight is 380 g/mol. The van der Waals surface area contributed by atoms with Crippen LogP contribution in [0.2, 0.25) is 0 Å². The minimum atomic E-state index is -2.59. The van der Waals surface area contributed by atoms with Gasteiger partial charge in [0.1, 0.15) is 11.4 Å². The number of nitrogens with zero attached hydrogens (tertiary/aromatic N) is 3. The Labute approximate surface area is 152 Å². The Balaban J connectivity index is 2.82. The number of aromatic nitrogens is 2. The predicted octanol–water partition coefficient (Wildman–Crippen LogP) is 2.81. The number of rotatable bonds is 6. The van der Waals surface area contributed by atoms with Crippen molar-refractivity contribution in [1.29, 1.82) is 0 Å². The first-order chi connectivity index (χ1) is 12.3. The van der Waals surface area contributed by atoms with E-state index in [1.165, 1.54) is 31.3 Å². The van der Waals surface area contributed by atoms with Crippen LogP contribution in [0.5, 0.6) is 0 Å². The minimum absolute atomic E-state index is 0.0885. The summed E-state index contributed by atoms with van der Waals surface area (Å²) in [6.07, 6.45) is 0. The molecule has 1 aromatic carbocycles. The van der Waals surface area contributed by atoms with Crippen molar-refractivity contribution >= 4 is 22.8 Å². The fourth-order valence-electron chi connectivity index (χ4n) is 2.31. The molecule has 0 aliphatic rings. The van der Waals surface area contributed by atoms with Crippen LogP contribution >= 0.6 is 0 Å². The third-order valence-electron chi connectivity index (χ3n) is 3.57. The monoisotopic (exact) mass is 380 g/mol. The summed E-state index contributed by atoms with van der Waals surface area (Å²) < 4.78 is 41.9. The van der Waals surface area contributed by atoms with Crippen molar-refractivity contribution in [3.05, 3.63) is 41.3 Å². The van der Waals surface area contributed by atoms with Gasteiger partial charge in [-0.3, -0.25) is 0 Å². The number of halogens is 1. The van der Waals surface area contributed by atoms with E-state index in [-0.39, 0.29) is 29.7 Å². The van der Waals surface area contributed by atoms with Gasteiger partial charge in [0.2, 0.25) is 5.95 Å². The molecule has 7 nitrogen and oxygen atoms in total. The molecule has 0 amide bonds. The first-order valence-corrected chi connectivity index (χ1v) is 8.97. The van der Waals surface area contributed by atoms with Gasteiger partial charge in [0.05, 0.1) is 18.0 Å². The van der Waals surface area contributed by atoms with Crippen LogP contribution in [0.25, 0.3) is 11.3 Å². The van der Waals surface area contributed by atoms with Gasteiger partial charge in [-0.15, -0.1) is 0 Å². The lowest BCUT2D eigenvalue weighted by Gasteiger charge is -2.18. The molecule has 2 rings (SSSR count). The third kappa shape index (κ3) is 4.10. The normalized spacial score (nSPS) is 10.7. The molecule has 0 spiro atoms. The van der Waals surface area contributed by atoms with Gasteiger partial charge in [0.25, 0.3) is 10.9 Å². The molecule has 26 heavy (non-hydrogen) atoms. The molecule has 139 valence electrons. The van der Waals surface area contributed by atoms with Crippen LogP contribution in [0.3, 0.4) is 0 Å². The van der Waals surface area contributed by atoms with Crippen LogP contribution in [-0.2, 0) is 15.6 Å². The van der Waals surface area contributed by atoms with Crippen LogP contribution in [0, 0.1) is 5.82 Å². The zero-order chi connectivity index (χ0) is 19.4. The zero-order valence-corrected chi connectivity index (χ0v) is 15.7. The van der Waals surface area contributed by atoms with Crippen LogP contribution in [0.1, 0.15) is 42.7 Å². The van der Waals surface area contributed by atoms with Crippen molar-refractivity contribution in [2.24, 2.45) is 0 Å². The Bertz CT molecular complexity index is 874. The number of carbonyl (C=O) groups excluding carboxylic acids is 1. The molecule has 1 heterocycles. The number of carbonyl (C=O) groups is 1. The summed E-state index contributed by atoms with van der Waals surface area (Å²) >= 11 is 0. The van der Waals surface area contributed by atoms with E-state index in [1.807, 2.05) is 13.8 Å². The molecule has 1 radical (unpaired) electrons. The molecule has 1 aromatic heterocycles. The van der Waals surface area contributed by atoms with Gasteiger partial charge in [0, 0.05) is 12.6 Å². The van der Waals surface area contributed by atoms with E-state index in [2.05, 4.69) is 9.97 Å². The molecule has 0 aliphatic heterocycles. The molecule has 0 saturated heterocycles. The summed E-state index contributed by atoms with van der Waals surface area (Å²) in [7, 11) is -1.30. The van der Waals surface area contributed by atoms with Crippen LogP contribution < -0.4 is 4.31 Å². The number of hydrogen-bond donors (Lipinski definition) is 0. The maximum absolute atomic E-state index is 13.3. The highest BCUT2D eigenvalue weighted by Crippen LogP contribution is 2.30. The second-order valence-corrected chi connectivity index (χ2v) is 6.71. The Morgan fingerprint density at radius 3 is 2.35 bits per heavy atom. The lowest BCUT2D eigenvalue weighted by molar-refractivity contribution is 0.0524. The van der Waals surface area contributed by atoms with Crippen molar-refractivity contribution in [3.8, 4) is 11.3 Å². The molecular formula is C17H19FN3O4S. The molecule has 0 unspecified atom stereocenters. The number of hydrogen-bond acceptors (Lipinski definition) is 6. The Kier molecular flexibility index (Phi) is 6.14. The van der Waals surface area contributed by atoms with Gasteiger partial charge in [-0.1, -0.05) is 13.8 Å². The minimum Gasteiger partial charge on any atom is -0.462 e. The first-order valence-electron chi connectivity index (χ1n) is 7.94. The number of ether oxygens (including phenoxy) is 1. The fourth-order valence-corrected chi connectivity index (χ4v) is 2.53. The summed E-state index contributed by atoms with van der Waals surface area (Å²) in [5, 5.41) is 0. The van der Waals surface area contributed by atoms with E-state index < -0.39 is 22.7 Å². The Morgan fingerprint density at radius 1 is 1.23 bits per heavy atom. The Hall–Kier alpha value is -2.68. The van der Waals surface area contributed by atoms with Gasteiger partial charge in [-0.2, -0.15) is 8.42 Å². The van der Waals surface area contributed by atoms with E-state index in [0.29, 0.717) is 11.3 Å². The maximum atomic E-state index is 13.3. The smallest absolute Gasteiger partial charge is 0.342 e. The summed E-state index contributed by atoms with van der Waals surface area (Å²) in [6.45, 7) is 5.47. The summed E-state index contributed by atoms with van der Waals surface area (Å²) in [4.78, 5) is 21.0. The average Bonchev–Trinajstić information content (AvgIpc) is 2.60. The molecule has 0 N–H and O–H groups in total. The highest BCUT2D eigenvalue weighted by Gasteiger charge is 2.26. The molecule has 0 bridgehead atoms. The molecule has 0 saturated carbocycles. The van der Waals surface area contributed by atoms with E-state index in [1.54, 1.807) is 6.92 Å². The fraction of sp³-hybridized carbons (Fsp3) is 0.353. The van der Waals surface area contributed by atoms with E-state index in [0.717, 1.165) is 4.31 Å². The van der Waals surface area contributed by atoms with Crippen molar-refractivity contribution in [3.63, 3.8) is 0 Å². The summed E-state index contributed by atoms with van der Waals surface area (Å²) in [5.74, 6) is -1.35. The number of anilines is 1. The molecular weight excluding hydrogens is 361 g/mol. The maximum Gasteiger partial charge on any atom is 0.342 e. The second kappa shape index (κ2) is 8.13. The van der Waals surface area contributed by atoms with Crippen LogP contribution in [0.4, 0.5) is 10.3 Å². The van der Waals surface area contributed by atoms with Gasteiger partial charge < -0.3 is 4.74 Å². The second-order valence-electron chi connectivity index (χ2n) is 5.73. The van der Waals surface area contributed by atoms with E-state index >= 15 is 0 Å². The van der Waals surface area contributed by atoms with Crippen molar-refractivity contribution in [2.45, 2.75) is 26.7 Å². The van der Waals surface area contributed by atoms with Gasteiger partial charge in [-0.05, 0) is 37.1 Å². The third-order valence-corrected chi connectivity index (χ3v) is 4.19. The number of esters is 1. The largest absolute Gasteiger partial charge is 0.462 e. The summed E-state index contributed by atoms with van der Waals surface area (Å²) in [6, 6.07) is 5.39. The molecule has 0 aliphatic carbocycles. The van der Waals surface area contributed by atoms with E-state index in [9.17, 15) is 17.6 Å². The van der Waals surface area contributed by atoms with Gasteiger partial charge in [0.15, 0.2) is 0 Å². The van der Waals surface area contributed by atoms with Crippen molar-refractivity contribution in [1.82, 2.24) is 9.97 Å². The lowest BCUT2D eigenvalue weighted by atomic mass is 9.98. The zero-order valence-electron chi connectivity index (χ0n) is 14.9. The molecule has 2 aromatic rings. The number of benzene rings is 1. The van der Waals surface area contributed by atoms with Crippen molar-refractivity contribution in [2.75, 3.05) is 18.0 Å². The van der Waals surface area contributed by atoms with Crippen molar-refractivity contribution < 1.29 is 22.3 Å². The Morgan fingerprint density at radius 2 is 1.85 bits per heavy atom. The van der Waals surface area contributed by atoms with Crippen LogP contribution in [-0.4, -0.2) is 38.0 Å². The topological polar surface area (TPSA) is 89.5 Å². The standard InChI is InChI=1S/C17H19FN3O4S/c1-5-25-16(22)13-14(10(2)3)19-17(21(4)26(23)24)20-15(13)11-6-8-12(18)9-7-11/h6-10H,5H2,1-4H3. The quantitative estimate of drug-likeness (QED) is 0.716. The first kappa shape index (κ1) is 19.6. The van der Waals surface area contributed by atoms with Crippen LogP contribution in [0.15, 0.2) is 24.3 Å². The summed E-state index contributed by atoms with van der Waals surface area (Å²) in [5.41, 5.74) is 1.13. The predicted molar refractivity (Wildman–Crippen MR) is 94.8 cm³/mol. The SMILES string of the molecule is CCOC(=O)c1c(-c2ccc(F)cc2)nc(N(C)[S](=O)=O)nc1C(C)C. The molecule has 0 fully saturated rings. The molecule has 0 atom stereocenters. The van der Waals surface area contributed by atoms with Gasteiger partial charge in [-0.25, -0.2) is 23.5 Å². The highest BCUT2D eigenvalue weighted by molar-refractivity contribution is 7.74. The highest BCUT2D eigenvalue weighted by atomic mass is 32.2. The lowest BCUT2D eigenvalue weighted by Crippen LogP contribution is -2.21. The van der Waals surface area contributed by atoms with E-state index in [4.69, 9.17) is 4.74 Å².